The smallest absolute Gasteiger partial charge is 0.134 e. The van der Waals surface area contributed by atoms with Crippen molar-refractivity contribution in [1.82, 2.24) is 0 Å². The van der Waals surface area contributed by atoms with Crippen LogP contribution in [0.1, 0.15) is 11.1 Å². The predicted octanol–water partition coefficient (Wildman–Crippen LogP) is 1.57. The molecule has 0 bridgehead atoms. The van der Waals surface area contributed by atoms with Gasteiger partial charge in [-0.1, -0.05) is 11.2 Å². The quantitative estimate of drug-likeness (QED) is 0.466. The first-order valence-corrected chi connectivity index (χ1v) is 3.76. The second-order valence-electron chi connectivity index (χ2n) is 2.83. The molecule has 0 amide bonds. The Morgan fingerprint density at radius 2 is 2.33 bits per heavy atom. The lowest BCUT2D eigenvalue weighted by Gasteiger charge is -1.97. The molecule has 0 saturated heterocycles. The average Bonchev–Trinajstić information content (AvgIpc) is 2.46. The van der Waals surface area contributed by atoms with Gasteiger partial charge in [0.2, 0.25) is 0 Å². The van der Waals surface area contributed by atoms with Crippen LogP contribution in [0.4, 0.5) is 0 Å². The van der Waals surface area contributed by atoms with Gasteiger partial charge in [-0.25, -0.2) is 0 Å². The second kappa shape index (κ2) is 2.52. The monoisotopic (exact) mass is 163 g/mol. The number of hydrogen-bond donors (Lipinski definition) is 1. The molecule has 0 unspecified atom stereocenters. The first-order chi connectivity index (χ1) is 5.81. The molecule has 0 saturated carbocycles. The molecule has 1 aliphatic rings. The summed E-state index contributed by atoms with van der Waals surface area (Å²) >= 11 is 0. The maximum absolute atomic E-state index is 8.59. The van der Waals surface area contributed by atoms with Crippen LogP contribution in [0.5, 0.6) is 5.75 Å². The van der Waals surface area contributed by atoms with E-state index in [4.69, 9.17) is 9.94 Å². The molecule has 0 atom stereocenters. The number of fused-ring (bicyclic) bond motifs is 1. The van der Waals surface area contributed by atoms with E-state index in [9.17, 15) is 0 Å². The van der Waals surface area contributed by atoms with Crippen molar-refractivity contribution in [2.45, 2.75) is 6.92 Å². The standard InChI is InChI=1S/C9H9NO2/c1-6-2-3-7-8(10-11)5-12-9(7)4-6/h2-4,11H,5H2,1H3. The molecule has 62 valence electrons. The predicted molar refractivity (Wildman–Crippen MR) is 45.0 cm³/mol. The van der Waals surface area contributed by atoms with E-state index in [1.807, 2.05) is 25.1 Å². The fourth-order valence-electron chi connectivity index (χ4n) is 1.29. The van der Waals surface area contributed by atoms with Crippen molar-refractivity contribution in [2.75, 3.05) is 6.61 Å². The first kappa shape index (κ1) is 7.16. The number of aryl methyl sites for hydroxylation is 1. The van der Waals surface area contributed by atoms with Gasteiger partial charge in [0, 0.05) is 5.56 Å². The highest BCUT2D eigenvalue weighted by molar-refractivity contribution is 6.05. The summed E-state index contributed by atoms with van der Waals surface area (Å²) in [6, 6.07) is 5.82. The zero-order valence-electron chi connectivity index (χ0n) is 6.74. The molecule has 3 heteroatoms. The Hall–Kier alpha value is -1.51. The molecule has 1 aromatic carbocycles. The van der Waals surface area contributed by atoms with E-state index >= 15 is 0 Å². The molecule has 0 radical (unpaired) electrons. The fraction of sp³-hybridized carbons (Fsp3) is 0.222. The maximum atomic E-state index is 8.59. The molecule has 1 aliphatic heterocycles. The number of benzene rings is 1. The van der Waals surface area contributed by atoms with Crippen LogP contribution in [0.2, 0.25) is 0 Å². The number of hydrogen-bond acceptors (Lipinski definition) is 3. The zero-order chi connectivity index (χ0) is 8.55. The van der Waals surface area contributed by atoms with E-state index in [1.54, 1.807) is 0 Å². The number of ether oxygens (including phenoxy) is 1. The molecule has 0 aromatic heterocycles. The van der Waals surface area contributed by atoms with E-state index < -0.39 is 0 Å². The lowest BCUT2D eigenvalue weighted by molar-refractivity contribution is 0.313. The molecule has 0 fully saturated rings. The highest BCUT2D eigenvalue weighted by Crippen LogP contribution is 2.26. The minimum absolute atomic E-state index is 0.370. The minimum Gasteiger partial charge on any atom is -0.486 e. The molecule has 1 aromatic rings. The van der Waals surface area contributed by atoms with Crippen LogP contribution in [0.25, 0.3) is 0 Å². The van der Waals surface area contributed by atoms with Crippen molar-refractivity contribution in [2.24, 2.45) is 5.16 Å². The molecule has 0 aliphatic carbocycles. The third-order valence-corrected chi connectivity index (χ3v) is 1.93. The van der Waals surface area contributed by atoms with Crippen molar-refractivity contribution < 1.29 is 9.94 Å². The van der Waals surface area contributed by atoms with Gasteiger partial charge in [0.15, 0.2) is 0 Å². The van der Waals surface area contributed by atoms with E-state index in [0.717, 1.165) is 16.9 Å². The molecule has 2 rings (SSSR count). The van der Waals surface area contributed by atoms with E-state index in [-0.39, 0.29) is 0 Å². The van der Waals surface area contributed by atoms with Gasteiger partial charge in [-0.15, -0.1) is 0 Å². The summed E-state index contributed by atoms with van der Waals surface area (Å²) in [5, 5.41) is 11.7. The third-order valence-electron chi connectivity index (χ3n) is 1.93. The van der Waals surface area contributed by atoms with Crippen LogP contribution in [0.3, 0.4) is 0 Å². The van der Waals surface area contributed by atoms with Gasteiger partial charge in [0.1, 0.15) is 18.1 Å². The highest BCUT2D eigenvalue weighted by atomic mass is 16.5. The van der Waals surface area contributed by atoms with Crippen molar-refractivity contribution in [1.29, 1.82) is 0 Å². The highest BCUT2D eigenvalue weighted by Gasteiger charge is 2.18. The Kier molecular flexibility index (Phi) is 1.50. The van der Waals surface area contributed by atoms with Gasteiger partial charge in [0.25, 0.3) is 0 Å². The summed E-state index contributed by atoms with van der Waals surface area (Å²) in [4.78, 5) is 0. The SMILES string of the molecule is Cc1ccc2c(c1)OCC2=NO. The number of oxime groups is 1. The zero-order valence-corrected chi connectivity index (χ0v) is 6.74. The summed E-state index contributed by atoms with van der Waals surface area (Å²) in [7, 11) is 0. The van der Waals surface area contributed by atoms with Crippen molar-refractivity contribution in [3.05, 3.63) is 29.3 Å². The summed E-state index contributed by atoms with van der Waals surface area (Å²) < 4.78 is 5.29. The fourth-order valence-corrected chi connectivity index (χ4v) is 1.29. The van der Waals surface area contributed by atoms with Crippen molar-refractivity contribution in [3.63, 3.8) is 0 Å². The number of rotatable bonds is 0. The van der Waals surface area contributed by atoms with Gasteiger partial charge < -0.3 is 9.94 Å². The minimum atomic E-state index is 0.370. The van der Waals surface area contributed by atoms with Crippen LogP contribution >= 0.6 is 0 Å². The Morgan fingerprint density at radius 1 is 1.50 bits per heavy atom. The molecule has 1 N–H and O–H groups in total. The maximum Gasteiger partial charge on any atom is 0.134 e. The van der Waals surface area contributed by atoms with Crippen LogP contribution in [0, 0.1) is 6.92 Å². The third kappa shape index (κ3) is 0.942. The normalized spacial score (nSPS) is 17.6. The summed E-state index contributed by atoms with van der Waals surface area (Å²) in [5.41, 5.74) is 2.64. The molecule has 1 heterocycles. The van der Waals surface area contributed by atoms with E-state index in [1.165, 1.54) is 0 Å². The van der Waals surface area contributed by atoms with Crippen molar-refractivity contribution in [3.8, 4) is 5.75 Å². The first-order valence-electron chi connectivity index (χ1n) is 3.76. The Morgan fingerprint density at radius 3 is 3.08 bits per heavy atom. The van der Waals surface area contributed by atoms with E-state index in [2.05, 4.69) is 5.16 Å². The van der Waals surface area contributed by atoms with E-state index in [0.29, 0.717) is 12.3 Å². The largest absolute Gasteiger partial charge is 0.486 e. The number of nitrogens with zero attached hydrogens (tertiary/aromatic N) is 1. The summed E-state index contributed by atoms with van der Waals surface area (Å²) in [5.74, 6) is 0.808. The second-order valence-corrected chi connectivity index (χ2v) is 2.83. The topological polar surface area (TPSA) is 41.8 Å². The van der Waals surface area contributed by atoms with Crippen LogP contribution < -0.4 is 4.74 Å². The Bertz CT molecular complexity index is 344. The van der Waals surface area contributed by atoms with Crippen LogP contribution in [0.15, 0.2) is 23.4 Å². The van der Waals surface area contributed by atoms with Crippen LogP contribution in [-0.4, -0.2) is 17.5 Å². The molecule has 12 heavy (non-hydrogen) atoms. The van der Waals surface area contributed by atoms with Gasteiger partial charge in [-0.2, -0.15) is 0 Å². The Labute approximate surface area is 70.3 Å². The lowest BCUT2D eigenvalue weighted by Crippen LogP contribution is -2.01. The van der Waals surface area contributed by atoms with Crippen LogP contribution in [-0.2, 0) is 0 Å². The van der Waals surface area contributed by atoms with Crippen molar-refractivity contribution >= 4 is 5.71 Å². The van der Waals surface area contributed by atoms with Gasteiger partial charge in [-0.05, 0) is 24.6 Å². The van der Waals surface area contributed by atoms with Gasteiger partial charge in [-0.3, -0.25) is 0 Å². The van der Waals surface area contributed by atoms with Gasteiger partial charge >= 0.3 is 0 Å². The average molecular weight is 163 g/mol. The summed E-state index contributed by atoms with van der Waals surface area (Å²) in [6.07, 6.45) is 0. The summed E-state index contributed by atoms with van der Waals surface area (Å²) in [6.45, 7) is 2.37. The molecular weight excluding hydrogens is 154 g/mol. The Balaban J connectivity index is 2.55. The molecule has 3 nitrogen and oxygen atoms in total. The lowest BCUT2D eigenvalue weighted by atomic mass is 10.1. The molecular formula is C9H9NO2. The molecule has 0 spiro atoms. The van der Waals surface area contributed by atoms with Gasteiger partial charge in [0.05, 0.1) is 0 Å².